The molecule has 7 heteroatoms. The summed E-state index contributed by atoms with van der Waals surface area (Å²) < 4.78 is 0.922. The van der Waals surface area contributed by atoms with E-state index in [1.165, 1.54) is 0 Å². The fourth-order valence-electron chi connectivity index (χ4n) is 1.81. The number of rotatable bonds is 5. The van der Waals surface area contributed by atoms with Crippen LogP contribution in [0.1, 0.15) is 5.56 Å². The second-order valence-electron chi connectivity index (χ2n) is 4.76. The van der Waals surface area contributed by atoms with Gasteiger partial charge in [0.1, 0.15) is 0 Å². The largest absolute Gasteiger partial charge is 0.347 e. The van der Waals surface area contributed by atoms with Gasteiger partial charge in [-0.1, -0.05) is 45.2 Å². The average Bonchev–Trinajstić information content (AvgIpc) is 2.51. The number of nitrogens with one attached hydrogen (secondary N) is 2. The number of amides is 2. The highest BCUT2D eigenvalue weighted by atomic mass is 79.9. The minimum absolute atomic E-state index is 0.101. The van der Waals surface area contributed by atoms with Crippen LogP contribution in [0.4, 0.5) is 5.69 Å². The topological polar surface area (TPSA) is 58.2 Å². The quantitative estimate of drug-likeness (QED) is 0.773. The van der Waals surface area contributed by atoms with Crippen molar-refractivity contribution in [1.29, 1.82) is 0 Å². The van der Waals surface area contributed by atoms with Gasteiger partial charge in [-0.15, -0.1) is 0 Å². The van der Waals surface area contributed by atoms with Gasteiger partial charge >= 0.3 is 0 Å². The monoisotopic (exact) mass is 414 g/mol. The van der Waals surface area contributed by atoms with Crippen molar-refractivity contribution in [1.82, 2.24) is 5.32 Å². The molecule has 0 saturated heterocycles. The van der Waals surface area contributed by atoms with E-state index in [1.807, 2.05) is 12.1 Å². The fourth-order valence-corrected chi connectivity index (χ4v) is 2.40. The van der Waals surface area contributed by atoms with E-state index in [1.54, 1.807) is 30.3 Å². The molecule has 4 nitrogen and oxygen atoms in total. The van der Waals surface area contributed by atoms with Crippen LogP contribution < -0.4 is 10.6 Å². The minimum Gasteiger partial charge on any atom is -0.347 e. The van der Waals surface area contributed by atoms with Crippen LogP contribution in [0.3, 0.4) is 0 Å². The summed E-state index contributed by atoms with van der Waals surface area (Å²) in [5, 5.41) is 6.08. The smallest absolute Gasteiger partial charge is 0.243 e. The standard InChI is InChI=1S/C16H13BrCl2N2O2/c17-11-2-4-12(5-3-11)21-16(23)9-20-15(22)8-10-1-6-13(18)14(19)7-10/h1-7H,8-9H2,(H,20,22)(H,21,23). The van der Waals surface area contributed by atoms with Gasteiger partial charge in [-0.25, -0.2) is 0 Å². The van der Waals surface area contributed by atoms with Crippen molar-refractivity contribution in [2.45, 2.75) is 6.42 Å². The highest BCUT2D eigenvalue weighted by Crippen LogP contribution is 2.22. The predicted molar refractivity (Wildman–Crippen MR) is 95.9 cm³/mol. The zero-order valence-corrected chi connectivity index (χ0v) is 15.0. The highest BCUT2D eigenvalue weighted by molar-refractivity contribution is 9.10. The van der Waals surface area contributed by atoms with Gasteiger partial charge in [-0.05, 0) is 42.0 Å². The summed E-state index contributed by atoms with van der Waals surface area (Å²) >= 11 is 15.0. The molecule has 0 unspecified atom stereocenters. The number of halogens is 3. The van der Waals surface area contributed by atoms with Crippen LogP contribution in [0.5, 0.6) is 0 Å². The second kappa shape index (κ2) is 8.34. The second-order valence-corrected chi connectivity index (χ2v) is 6.49. The van der Waals surface area contributed by atoms with Gasteiger partial charge in [0.15, 0.2) is 0 Å². The molecule has 2 aromatic carbocycles. The SMILES string of the molecule is O=C(Cc1ccc(Cl)c(Cl)c1)NCC(=O)Nc1ccc(Br)cc1. The van der Waals surface area contributed by atoms with Crippen LogP contribution >= 0.6 is 39.1 Å². The summed E-state index contributed by atoms with van der Waals surface area (Å²) in [6, 6.07) is 12.1. The number of carbonyl (C=O) groups is 2. The molecule has 0 saturated carbocycles. The van der Waals surface area contributed by atoms with Crippen LogP contribution in [-0.4, -0.2) is 18.4 Å². The van der Waals surface area contributed by atoms with Crippen LogP contribution in [-0.2, 0) is 16.0 Å². The first-order valence-electron chi connectivity index (χ1n) is 6.70. The molecule has 0 aromatic heterocycles. The Labute approximate surface area is 152 Å². The van der Waals surface area contributed by atoms with E-state index in [2.05, 4.69) is 26.6 Å². The molecule has 0 aliphatic rings. The molecule has 0 aliphatic carbocycles. The summed E-state index contributed by atoms with van der Waals surface area (Å²) in [5.74, 6) is -0.566. The molecule has 0 heterocycles. The Hall–Kier alpha value is -1.56. The molecule has 2 amide bonds. The molecule has 2 aromatic rings. The van der Waals surface area contributed by atoms with E-state index in [0.29, 0.717) is 15.7 Å². The summed E-state index contributed by atoms with van der Waals surface area (Å²) in [6.45, 7) is -0.101. The number of hydrogen-bond acceptors (Lipinski definition) is 2. The molecule has 2 N–H and O–H groups in total. The van der Waals surface area contributed by atoms with Crippen molar-refractivity contribution in [2.24, 2.45) is 0 Å². The lowest BCUT2D eigenvalue weighted by Gasteiger charge is -2.07. The molecular formula is C16H13BrCl2N2O2. The molecule has 0 atom stereocenters. The maximum Gasteiger partial charge on any atom is 0.243 e. The summed E-state index contributed by atoms with van der Waals surface area (Å²) in [5.41, 5.74) is 1.39. The summed E-state index contributed by atoms with van der Waals surface area (Å²) in [6.07, 6.45) is 0.127. The van der Waals surface area contributed by atoms with E-state index >= 15 is 0 Å². The first-order chi connectivity index (χ1) is 10.9. The van der Waals surface area contributed by atoms with E-state index in [4.69, 9.17) is 23.2 Å². The van der Waals surface area contributed by atoms with Crippen molar-refractivity contribution in [3.05, 3.63) is 62.5 Å². The molecule has 0 bridgehead atoms. The van der Waals surface area contributed by atoms with Crippen molar-refractivity contribution in [3.63, 3.8) is 0 Å². The lowest BCUT2D eigenvalue weighted by atomic mass is 10.1. The molecule has 2 rings (SSSR count). The molecule has 120 valence electrons. The number of hydrogen-bond donors (Lipinski definition) is 2. The van der Waals surface area contributed by atoms with Gasteiger partial charge in [0.25, 0.3) is 0 Å². The van der Waals surface area contributed by atoms with Gasteiger partial charge in [-0.3, -0.25) is 9.59 Å². The first kappa shape index (κ1) is 17.8. The van der Waals surface area contributed by atoms with Gasteiger partial charge in [-0.2, -0.15) is 0 Å². The third-order valence-corrected chi connectivity index (χ3v) is 4.19. The van der Waals surface area contributed by atoms with Crippen LogP contribution in [0.15, 0.2) is 46.9 Å². The molecule has 0 fully saturated rings. The van der Waals surface area contributed by atoms with Crippen LogP contribution in [0.25, 0.3) is 0 Å². The normalized spacial score (nSPS) is 10.2. The first-order valence-corrected chi connectivity index (χ1v) is 8.25. The van der Waals surface area contributed by atoms with E-state index < -0.39 is 0 Å². The van der Waals surface area contributed by atoms with Gasteiger partial charge < -0.3 is 10.6 Å². The van der Waals surface area contributed by atoms with Crippen molar-refractivity contribution >= 4 is 56.6 Å². The Morgan fingerprint density at radius 3 is 2.30 bits per heavy atom. The van der Waals surface area contributed by atoms with E-state index in [0.717, 1.165) is 10.0 Å². The lowest BCUT2D eigenvalue weighted by Crippen LogP contribution is -2.33. The van der Waals surface area contributed by atoms with Crippen LogP contribution in [0, 0.1) is 0 Å². The third-order valence-electron chi connectivity index (χ3n) is 2.92. The van der Waals surface area contributed by atoms with Crippen molar-refractivity contribution in [3.8, 4) is 0 Å². The summed E-state index contributed by atoms with van der Waals surface area (Å²) in [7, 11) is 0. The zero-order chi connectivity index (χ0) is 16.8. The number of anilines is 1. The number of carbonyl (C=O) groups excluding carboxylic acids is 2. The fraction of sp³-hybridized carbons (Fsp3) is 0.125. The molecule has 23 heavy (non-hydrogen) atoms. The average molecular weight is 416 g/mol. The van der Waals surface area contributed by atoms with Crippen molar-refractivity contribution in [2.75, 3.05) is 11.9 Å². The lowest BCUT2D eigenvalue weighted by molar-refractivity contribution is -0.123. The Kier molecular flexibility index (Phi) is 6.45. The Morgan fingerprint density at radius 1 is 0.957 bits per heavy atom. The van der Waals surface area contributed by atoms with Crippen molar-refractivity contribution < 1.29 is 9.59 Å². The molecule has 0 radical (unpaired) electrons. The molecule has 0 aliphatic heterocycles. The van der Waals surface area contributed by atoms with E-state index in [-0.39, 0.29) is 24.8 Å². The van der Waals surface area contributed by atoms with E-state index in [9.17, 15) is 9.59 Å². The predicted octanol–water partition coefficient (Wildman–Crippen LogP) is 4.05. The van der Waals surface area contributed by atoms with Crippen LogP contribution in [0.2, 0.25) is 10.0 Å². The van der Waals surface area contributed by atoms with Gasteiger partial charge in [0.2, 0.25) is 11.8 Å². The Balaban J connectivity index is 1.80. The minimum atomic E-state index is -0.296. The molecule has 0 spiro atoms. The maximum absolute atomic E-state index is 11.8. The third kappa shape index (κ3) is 5.86. The number of benzene rings is 2. The Bertz CT molecular complexity index is 721. The zero-order valence-electron chi connectivity index (χ0n) is 11.9. The highest BCUT2D eigenvalue weighted by Gasteiger charge is 2.08. The van der Waals surface area contributed by atoms with Gasteiger partial charge in [0.05, 0.1) is 23.0 Å². The van der Waals surface area contributed by atoms with Gasteiger partial charge in [0, 0.05) is 10.2 Å². The maximum atomic E-state index is 11.8. The Morgan fingerprint density at radius 2 is 1.65 bits per heavy atom. The molecular weight excluding hydrogens is 403 g/mol. The summed E-state index contributed by atoms with van der Waals surface area (Å²) in [4.78, 5) is 23.6.